The van der Waals surface area contributed by atoms with Crippen molar-refractivity contribution >= 4 is 40.1 Å². The molecule has 0 radical (unpaired) electrons. The Hall–Kier alpha value is -1.26. The highest BCUT2D eigenvalue weighted by molar-refractivity contribution is 6.31. The highest BCUT2D eigenvalue weighted by Gasteiger charge is 2.27. The molecule has 2 heterocycles. The number of fused-ring (bicyclic) bond motifs is 1. The number of nitrogens with zero attached hydrogens (tertiary/aromatic N) is 3. The van der Waals surface area contributed by atoms with Crippen LogP contribution in [-0.2, 0) is 10.7 Å². The van der Waals surface area contributed by atoms with Crippen molar-refractivity contribution in [2.45, 2.75) is 24.8 Å². The van der Waals surface area contributed by atoms with Crippen molar-refractivity contribution < 1.29 is 4.79 Å². The number of piperidine rings is 1. The molecule has 0 spiro atoms. The molecule has 1 amide bonds. The van der Waals surface area contributed by atoms with E-state index in [1.165, 1.54) is 0 Å². The zero-order valence-electron chi connectivity index (χ0n) is 11.1. The third-order valence-electron chi connectivity index (χ3n) is 3.81. The smallest absolute Gasteiger partial charge is 0.222 e. The third kappa shape index (κ3) is 2.27. The van der Waals surface area contributed by atoms with Crippen LogP contribution in [0, 0.1) is 0 Å². The van der Waals surface area contributed by atoms with Crippen molar-refractivity contribution in [1.82, 2.24) is 14.5 Å². The van der Waals surface area contributed by atoms with Crippen LogP contribution in [0.5, 0.6) is 0 Å². The van der Waals surface area contributed by atoms with E-state index in [0.717, 1.165) is 23.3 Å². The van der Waals surface area contributed by atoms with E-state index in [0.29, 0.717) is 23.9 Å². The quantitative estimate of drug-likeness (QED) is 0.799. The van der Waals surface area contributed by atoms with Gasteiger partial charge in [-0.2, -0.15) is 0 Å². The van der Waals surface area contributed by atoms with E-state index in [9.17, 15) is 4.79 Å². The first-order valence-electron chi connectivity index (χ1n) is 6.56. The molecule has 1 aromatic carbocycles. The van der Waals surface area contributed by atoms with Crippen molar-refractivity contribution in [2.24, 2.45) is 0 Å². The van der Waals surface area contributed by atoms with Crippen LogP contribution in [0.4, 0.5) is 0 Å². The highest BCUT2D eigenvalue weighted by Crippen LogP contribution is 2.29. The Morgan fingerprint density at radius 2 is 2.25 bits per heavy atom. The minimum atomic E-state index is 0.195. The zero-order chi connectivity index (χ0) is 14.3. The molecule has 1 aromatic heterocycles. The van der Waals surface area contributed by atoms with Gasteiger partial charge in [0.25, 0.3) is 0 Å². The number of amides is 1. The van der Waals surface area contributed by atoms with E-state index in [1.807, 2.05) is 25.2 Å². The summed E-state index contributed by atoms with van der Waals surface area (Å²) >= 11 is 12.0. The molecule has 106 valence electrons. The monoisotopic (exact) mass is 311 g/mol. The molecular formula is C14H15Cl2N3O. The largest absolute Gasteiger partial charge is 0.344 e. The molecule has 0 bridgehead atoms. The number of halogens is 2. The second-order valence-electron chi connectivity index (χ2n) is 5.13. The Kier molecular flexibility index (Phi) is 3.61. The second kappa shape index (κ2) is 5.26. The lowest BCUT2D eigenvalue weighted by Gasteiger charge is -2.31. The average Bonchev–Trinajstić information content (AvgIpc) is 2.79. The number of benzene rings is 1. The van der Waals surface area contributed by atoms with Gasteiger partial charge in [0.15, 0.2) is 0 Å². The molecule has 20 heavy (non-hydrogen) atoms. The lowest BCUT2D eigenvalue weighted by molar-refractivity contribution is -0.132. The molecule has 4 nitrogen and oxygen atoms in total. The number of hydrogen-bond acceptors (Lipinski definition) is 2. The van der Waals surface area contributed by atoms with Crippen molar-refractivity contribution in [3.8, 4) is 0 Å². The van der Waals surface area contributed by atoms with E-state index in [2.05, 4.69) is 9.55 Å². The van der Waals surface area contributed by atoms with Crippen LogP contribution in [0.3, 0.4) is 0 Å². The first-order chi connectivity index (χ1) is 9.60. The van der Waals surface area contributed by atoms with Gasteiger partial charge in [0, 0.05) is 25.0 Å². The van der Waals surface area contributed by atoms with Gasteiger partial charge in [0.2, 0.25) is 5.91 Å². The first-order valence-corrected chi connectivity index (χ1v) is 7.47. The minimum absolute atomic E-state index is 0.195. The lowest BCUT2D eigenvalue weighted by Crippen LogP contribution is -2.38. The van der Waals surface area contributed by atoms with Crippen LogP contribution in [-0.4, -0.2) is 34.0 Å². The molecule has 1 aliphatic rings. The molecule has 0 aliphatic carbocycles. The molecule has 1 fully saturated rings. The minimum Gasteiger partial charge on any atom is -0.344 e. The van der Waals surface area contributed by atoms with E-state index < -0.39 is 0 Å². The van der Waals surface area contributed by atoms with Crippen LogP contribution < -0.4 is 0 Å². The first kappa shape index (κ1) is 13.7. The van der Waals surface area contributed by atoms with E-state index in [4.69, 9.17) is 23.2 Å². The Morgan fingerprint density at radius 1 is 1.45 bits per heavy atom. The SMILES string of the molecule is CN1CC(n2c(CCl)nc3cc(Cl)ccc32)CCC1=O. The fourth-order valence-corrected chi connectivity index (χ4v) is 3.18. The Balaban J connectivity index is 2.07. The van der Waals surface area contributed by atoms with Gasteiger partial charge in [0.05, 0.1) is 23.0 Å². The predicted molar refractivity (Wildman–Crippen MR) is 80.2 cm³/mol. The summed E-state index contributed by atoms with van der Waals surface area (Å²) in [6, 6.07) is 5.90. The number of likely N-dealkylation sites (tertiary alicyclic amines) is 1. The fourth-order valence-electron chi connectivity index (χ4n) is 2.82. The molecule has 1 atom stereocenters. The van der Waals surface area contributed by atoms with E-state index >= 15 is 0 Å². The maximum atomic E-state index is 11.6. The normalized spacial score (nSPS) is 19.9. The Labute approximate surface area is 127 Å². The van der Waals surface area contributed by atoms with Crippen LogP contribution >= 0.6 is 23.2 Å². The average molecular weight is 312 g/mol. The van der Waals surface area contributed by atoms with Gasteiger partial charge in [-0.1, -0.05) is 11.6 Å². The summed E-state index contributed by atoms with van der Waals surface area (Å²) in [4.78, 5) is 18.0. The van der Waals surface area contributed by atoms with Gasteiger partial charge in [-0.3, -0.25) is 4.79 Å². The van der Waals surface area contributed by atoms with Gasteiger partial charge < -0.3 is 9.47 Å². The number of aromatic nitrogens is 2. The summed E-state index contributed by atoms with van der Waals surface area (Å²) in [5, 5.41) is 0.666. The Bertz CT molecular complexity index is 668. The van der Waals surface area contributed by atoms with E-state index in [-0.39, 0.29) is 11.9 Å². The maximum absolute atomic E-state index is 11.6. The maximum Gasteiger partial charge on any atom is 0.222 e. The number of carbonyl (C=O) groups is 1. The highest BCUT2D eigenvalue weighted by atomic mass is 35.5. The van der Waals surface area contributed by atoms with Crippen LogP contribution in [0.25, 0.3) is 11.0 Å². The number of carbonyl (C=O) groups excluding carboxylic acids is 1. The van der Waals surface area contributed by atoms with Crippen LogP contribution in [0.1, 0.15) is 24.7 Å². The number of rotatable bonds is 2. The number of hydrogen-bond donors (Lipinski definition) is 0. The number of alkyl halides is 1. The summed E-state index contributed by atoms with van der Waals surface area (Å²) in [6.45, 7) is 0.691. The lowest BCUT2D eigenvalue weighted by atomic mass is 10.1. The van der Waals surface area contributed by atoms with Gasteiger partial charge >= 0.3 is 0 Å². The van der Waals surface area contributed by atoms with Gasteiger partial charge in [-0.15, -0.1) is 11.6 Å². The molecule has 1 unspecified atom stereocenters. The standard InChI is InChI=1S/C14H15Cl2N3O/c1-18-8-10(3-5-14(18)20)19-12-4-2-9(16)6-11(12)17-13(19)7-15/h2,4,6,10H,3,5,7-8H2,1H3. The fraction of sp³-hybridized carbons (Fsp3) is 0.429. The molecule has 2 aromatic rings. The molecule has 1 aliphatic heterocycles. The molecule has 3 rings (SSSR count). The van der Waals surface area contributed by atoms with Crippen LogP contribution in [0.2, 0.25) is 5.02 Å². The van der Waals surface area contributed by atoms with Gasteiger partial charge in [-0.25, -0.2) is 4.98 Å². The molecule has 1 saturated heterocycles. The van der Waals surface area contributed by atoms with Crippen molar-refractivity contribution in [1.29, 1.82) is 0 Å². The molecule has 0 saturated carbocycles. The number of imidazole rings is 1. The summed E-state index contributed by atoms with van der Waals surface area (Å²) in [7, 11) is 1.84. The van der Waals surface area contributed by atoms with Crippen molar-refractivity contribution in [3.05, 3.63) is 29.0 Å². The van der Waals surface area contributed by atoms with Crippen LogP contribution in [0.15, 0.2) is 18.2 Å². The Morgan fingerprint density at radius 3 is 2.95 bits per heavy atom. The predicted octanol–water partition coefficient (Wildman–Crippen LogP) is 3.22. The summed E-state index contributed by atoms with van der Waals surface area (Å²) in [5.41, 5.74) is 1.88. The zero-order valence-corrected chi connectivity index (χ0v) is 12.7. The molecule has 0 N–H and O–H groups in total. The van der Waals surface area contributed by atoms with Gasteiger partial charge in [-0.05, 0) is 24.6 Å². The molecule has 6 heteroatoms. The third-order valence-corrected chi connectivity index (χ3v) is 4.29. The van der Waals surface area contributed by atoms with Crippen molar-refractivity contribution in [3.63, 3.8) is 0 Å². The van der Waals surface area contributed by atoms with Crippen molar-refractivity contribution in [2.75, 3.05) is 13.6 Å². The summed E-state index contributed by atoms with van der Waals surface area (Å²) in [5.74, 6) is 1.37. The summed E-state index contributed by atoms with van der Waals surface area (Å²) < 4.78 is 2.15. The number of likely N-dealkylation sites (N-methyl/N-ethyl adjacent to an activating group) is 1. The summed E-state index contributed by atoms with van der Waals surface area (Å²) in [6.07, 6.45) is 1.39. The van der Waals surface area contributed by atoms with E-state index in [1.54, 1.807) is 4.90 Å². The second-order valence-corrected chi connectivity index (χ2v) is 5.84. The topological polar surface area (TPSA) is 38.1 Å². The van der Waals surface area contributed by atoms with Gasteiger partial charge in [0.1, 0.15) is 5.82 Å². The molecular weight excluding hydrogens is 297 g/mol.